The van der Waals surface area contributed by atoms with E-state index in [-0.39, 0.29) is 5.97 Å². The van der Waals surface area contributed by atoms with Gasteiger partial charge >= 0.3 is 5.97 Å². The van der Waals surface area contributed by atoms with Gasteiger partial charge in [-0.25, -0.2) is 0 Å². The van der Waals surface area contributed by atoms with Crippen molar-refractivity contribution in [2.24, 2.45) is 0 Å². The summed E-state index contributed by atoms with van der Waals surface area (Å²) in [5, 5.41) is 0. The highest BCUT2D eigenvalue weighted by atomic mass is 16.6. The average Bonchev–Trinajstić information content (AvgIpc) is 2.75. The molecule has 4 nitrogen and oxygen atoms in total. The van der Waals surface area contributed by atoms with E-state index in [2.05, 4.69) is 13.8 Å². The Morgan fingerprint density at radius 2 is 0.867 bits per heavy atom. The highest BCUT2D eigenvalue weighted by molar-refractivity contribution is 5.69. The summed E-state index contributed by atoms with van der Waals surface area (Å²) >= 11 is 0. The molecule has 0 spiro atoms. The number of ether oxygens (including phenoxy) is 3. The summed E-state index contributed by atoms with van der Waals surface area (Å²) in [5.41, 5.74) is 0. The van der Waals surface area contributed by atoms with Gasteiger partial charge in [0.05, 0.1) is 19.8 Å². The molecule has 0 bridgehead atoms. The minimum absolute atomic E-state index is 0.110. The van der Waals surface area contributed by atoms with Crippen molar-refractivity contribution in [1.82, 2.24) is 0 Å². The van der Waals surface area contributed by atoms with Gasteiger partial charge in [0, 0.05) is 13.0 Å². The molecular weight excluding hydrogens is 376 g/mol. The van der Waals surface area contributed by atoms with Gasteiger partial charge in [0.15, 0.2) is 0 Å². The molecular formula is C26H52O4. The SMILES string of the molecule is CCCCCCCCCCCCCCCCOCCOCCOC(=O)CCCCC. The molecule has 0 unspecified atom stereocenters. The van der Waals surface area contributed by atoms with Crippen LogP contribution in [0.4, 0.5) is 0 Å². The zero-order valence-electron chi connectivity index (χ0n) is 20.4. The number of rotatable bonds is 25. The van der Waals surface area contributed by atoms with Crippen molar-refractivity contribution in [3.8, 4) is 0 Å². The Bertz CT molecular complexity index is 333. The van der Waals surface area contributed by atoms with Gasteiger partial charge in [-0.05, 0) is 12.8 Å². The quantitative estimate of drug-likeness (QED) is 0.111. The molecule has 4 heteroatoms. The highest BCUT2D eigenvalue weighted by Gasteiger charge is 2.01. The molecule has 0 saturated carbocycles. The standard InChI is InChI=1S/C26H52O4/c1-3-5-7-8-9-10-11-12-13-14-15-16-17-19-21-28-22-23-29-24-25-30-26(27)20-18-6-4-2/h3-25H2,1-2H3. The van der Waals surface area contributed by atoms with Gasteiger partial charge in [0.25, 0.3) is 0 Å². The molecule has 0 aromatic rings. The molecule has 0 aliphatic carbocycles. The number of hydrogen-bond donors (Lipinski definition) is 0. The number of hydrogen-bond acceptors (Lipinski definition) is 4. The van der Waals surface area contributed by atoms with Gasteiger partial charge in [-0.3, -0.25) is 4.79 Å². The van der Waals surface area contributed by atoms with E-state index in [0.717, 1.165) is 32.3 Å². The normalized spacial score (nSPS) is 11.1. The molecule has 0 rings (SSSR count). The summed E-state index contributed by atoms with van der Waals surface area (Å²) in [6, 6.07) is 0. The summed E-state index contributed by atoms with van der Waals surface area (Å²) in [5.74, 6) is -0.110. The van der Waals surface area contributed by atoms with Crippen LogP contribution in [-0.4, -0.2) is 39.0 Å². The van der Waals surface area contributed by atoms with E-state index in [0.29, 0.717) is 32.8 Å². The van der Waals surface area contributed by atoms with Crippen LogP contribution < -0.4 is 0 Å². The van der Waals surface area contributed by atoms with E-state index in [1.807, 2.05) is 0 Å². The van der Waals surface area contributed by atoms with E-state index in [1.165, 1.54) is 83.5 Å². The fourth-order valence-corrected chi connectivity index (χ4v) is 3.53. The molecule has 0 aliphatic rings. The molecule has 0 heterocycles. The van der Waals surface area contributed by atoms with Crippen LogP contribution in [0.1, 0.15) is 129 Å². The third kappa shape index (κ3) is 25.4. The molecule has 0 amide bonds. The topological polar surface area (TPSA) is 44.8 Å². The first kappa shape index (κ1) is 29.4. The summed E-state index contributed by atoms with van der Waals surface area (Å²) < 4.78 is 16.2. The Kier molecular flexibility index (Phi) is 25.9. The Morgan fingerprint density at radius 3 is 1.40 bits per heavy atom. The van der Waals surface area contributed by atoms with Crippen LogP contribution in [0.3, 0.4) is 0 Å². The monoisotopic (exact) mass is 428 g/mol. The third-order valence-corrected chi connectivity index (χ3v) is 5.49. The van der Waals surface area contributed by atoms with Gasteiger partial charge < -0.3 is 14.2 Å². The third-order valence-electron chi connectivity index (χ3n) is 5.49. The lowest BCUT2D eigenvalue weighted by atomic mass is 10.0. The van der Waals surface area contributed by atoms with Crippen molar-refractivity contribution in [3.63, 3.8) is 0 Å². The predicted molar refractivity (Wildman–Crippen MR) is 127 cm³/mol. The summed E-state index contributed by atoms with van der Waals surface area (Å²) in [7, 11) is 0. The van der Waals surface area contributed by atoms with E-state index < -0.39 is 0 Å². The number of carbonyl (C=O) groups excluding carboxylic acids is 1. The summed E-state index contributed by atoms with van der Waals surface area (Å²) in [6.45, 7) is 7.25. The maximum atomic E-state index is 11.4. The smallest absolute Gasteiger partial charge is 0.305 e. The molecule has 30 heavy (non-hydrogen) atoms. The molecule has 0 radical (unpaired) electrons. The van der Waals surface area contributed by atoms with Crippen LogP contribution in [-0.2, 0) is 19.0 Å². The second-order valence-electron chi connectivity index (χ2n) is 8.50. The van der Waals surface area contributed by atoms with Gasteiger partial charge in [0.2, 0.25) is 0 Å². The van der Waals surface area contributed by atoms with Gasteiger partial charge in [-0.15, -0.1) is 0 Å². The first-order valence-electron chi connectivity index (χ1n) is 13.1. The second kappa shape index (κ2) is 26.4. The van der Waals surface area contributed by atoms with E-state index >= 15 is 0 Å². The molecule has 0 aliphatic heterocycles. The molecule has 0 fully saturated rings. The van der Waals surface area contributed by atoms with E-state index in [4.69, 9.17) is 14.2 Å². The first-order valence-corrected chi connectivity index (χ1v) is 13.1. The Hall–Kier alpha value is -0.610. The zero-order chi connectivity index (χ0) is 22.0. The van der Waals surface area contributed by atoms with Crippen LogP contribution in [0.15, 0.2) is 0 Å². The van der Waals surface area contributed by atoms with Crippen molar-refractivity contribution in [1.29, 1.82) is 0 Å². The Balaban J connectivity index is 3.06. The minimum atomic E-state index is -0.110. The lowest BCUT2D eigenvalue weighted by Crippen LogP contribution is -2.13. The maximum absolute atomic E-state index is 11.4. The summed E-state index contributed by atoms with van der Waals surface area (Å²) in [6.07, 6.45) is 23.0. The van der Waals surface area contributed by atoms with E-state index in [1.54, 1.807) is 0 Å². The molecule has 0 aromatic heterocycles. The maximum Gasteiger partial charge on any atom is 0.305 e. The van der Waals surface area contributed by atoms with Crippen molar-refractivity contribution < 1.29 is 19.0 Å². The lowest BCUT2D eigenvalue weighted by Gasteiger charge is -2.07. The van der Waals surface area contributed by atoms with Gasteiger partial charge in [-0.1, -0.05) is 110 Å². The number of carbonyl (C=O) groups is 1. The predicted octanol–water partition coefficient (Wildman–Crippen LogP) is 7.62. The van der Waals surface area contributed by atoms with Gasteiger partial charge in [-0.2, -0.15) is 0 Å². The molecule has 0 N–H and O–H groups in total. The summed E-state index contributed by atoms with van der Waals surface area (Å²) in [4.78, 5) is 11.4. The fourth-order valence-electron chi connectivity index (χ4n) is 3.53. The van der Waals surface area contributed by atoms with Gasteiger partial charge in [0.1, 0.15) is 6.61 Å². The van der Waals surface area contributed by atoms with Crippen LogP contribution in [0, 0.1) is 0 Å². The Morgan fingerprint density at radius 1 is 0.467 bits per heavy atom. The van der Waals surface area contributed by atoms with Crippen LogP contribution in [0.2, 0.25) is 0 Å². The molecule has 0 atom stereocenters. The first-order chi connectivity index (χ1) is 14.8. The number of unbranched alkanes of at least 4 members (excludes halogenated alkanes) is 15. The highest BCUT2D eigenvalue weighted by Crippen LogP contribution is 2.12. The van der Waals surface area contributed by atoms with Crippen LogP contribution in [0.25, 0.3) is 0 Å². The molecule has 0 saturated heterocycles. The van der Waals surface area contributed by atoms with Crippen LogP contribution >= 0.6 is 0 Å². The second-order valence-corrected chi connectivity index (χ2v) is 8.50. The van der Waals surface area contributed by atoms with Crippen molar-refractivity contribution >= 4 is 5.97 Å². The van der Waals surface area contributed by atoms with Crippen molar-refractivity contribution in [2.45, 2.75) is 129 Å². The Labute approximate surface area is 187 Å². The average molecular weight is 429 g/mol. The largest absolute Gasteiger partial charge is 0.463 e. The van der Waals surface area contributed by atoms with Crippen molar-refractivity contribution in [3.05, 3.63) is 0 Å². The van der Waals surface area contributed by atoms with Crippen molar-refractivity contribution in [2.75, 3.05) is 33.0 Å². The zero-order valence-corrected chi connectivity index (χ0v) is 20.4. The van der Waals surface area contributed by atoms with Crippen LogP contribution in [0.5, 0.6) is 0 Å². The minimum Gasteiger partial charge on any atom is -0.463 e. The van der Waals surface area contributed by atoms with E-state index in [9.17, 15) is 4.79 Å². The molecule has 0 aromatic carbocycles. The lowest BCUT2D eigenvalue weighted by molar-refractivity contribution is -0.145. The molecule has 180 valence electrons. The fraction of sp³-hybridized carbons (Fsp3) is 0.962. The number of esters is 1.